The molecule has 0 bridgehead atoms. The highest BCUT2D eigenvalue weighted by atomic mass is 16.2. The van der Waals surface area contributed by atoms with Crippen LogP contribution in [0.4, 0.5) is 17.1 Å². The number of rotatable bonds is 6. The summed E-state index contributed by atoms with van der Waals surface area (Å²) in [5.74, 6) is -0.321. The Kier molecular flexibility index (Phi) is 5.61. The number of pyridine rings is 1. The third-order valence-corrected chi connectivity index (χ3v) is 4.22. The highest BCUT2D eigenvalue weighted by molar-refractivity contribution is 6.03. The first-order valence-electron chi connectivity index (χ1n) is 8.80. The molecule has 0 radical (unpaired) electrons. The van der Waals surface area contributed by atoms with E-state index in [1.165, 1.54) is 12.5 Å². The van der Waals surface area contributed by atoms with E-state index in [-0.39, 0.29) is 11.7 Å². The number of nitrogens with one attached hydrogen (secondary N) is 2. The second-order valence-electron chi connectivity index (χ2n) is 6.15. The van der Waals surface area contributed by atoms with E-state index < -0.39 is 0 Å². The standard InChI is InChI=1S/C22H21N3O2/c1-3-16-6-4-5-7-20(16)24-19-12-13-23-21(14-19)22(27)25-18-10-8-17(9-11-18)15(2)26/h4-14H,3H2,1-2H3,(H,23,24)(H,25,27). The van der Waals surface area contributed by atoms with Crippen molar-refractivity contribution < 1.29 is 9.59 Å². The molecule has 0 saturated carbocycles. The molecule has 0 aliphatic rings. The van der Waals surface area contributed by atoms with Gasteiger partial charge in [0.05, 0.1) is 0 Å². The van der Waals surface area contributed by atoms with Crippen molar-refractivity contribution >= 4 is 28.8 Å². The number of carbonyl (C=O) groups excluding carboxylic acids is 2. The van der Waals surface area contributed by atoms with E-state index in [4.69, 9.17) is 0 Å². The summed E-state index contributed by atoms with van der Waals surface area (Å²) in [4.78, 5) is 28.0. The minimum absolute atomic E-state index is 0.0133. The molecule has 0 aliphatic carbocycles. The first kappa shape index (κ1) is 18.3. The van der Waals surface area contributed by atoms with E-state index >= 15 is 0 Å². The maximum absolute atomic E-state index is 12.5. The Hall–Kier alpha value is -3.47. The van der Waals surface area contributed by atoms with Gasteiger partial charge in [-0.15, -0.1) is 0 Å². The van der Waals surface area contributed by atoms with Gasteiger partial charge in [0.1, 0.15) is 5.69 Å². The minimum atomic E-state index is -0.307. The van der Waals surface area contributed by atoms with Crippen LogP contribution < -0.4 is 10.6 Å². The van der Waals surface area contributed by atoms with Gasteiger partial charge in [-0.2, -0.15) is 0 Å². The second kappa shape index (κ2) is 8.27. The lowest BCUT2D eigenvalue weighted by Gasteiger charge is -2.12. The van der Waals surface area contributed by atoms with Crippen LogP contribution in [0.1, 0.15) is 40.3 Å². The monoisotopic (exact) mass is 359 g/mol. The number of amides is 1. The average molecular weight is 359 g/mol. The molecule has 0 saturated heterocycles. The number of nitrogens with zero attached hydrogens (tertiary/aromatic N) is 1. The number of aryl methyl sites for hydroxylation is 1. The molecule has 0 fully saturated rings. The van der Waals surface area contributed by atoms with Gasteiger partial charge in [0.15, 0.2) is 5.78 Å². The lowest BCUT2D eigenvalue weighted by Crippen LogP contribution is -2.14. The normalized spacial score (nSPS) is 10.3. The number of hydrogen-bond acceptors (Lipinski definition) is 4. The molecule has 0 unspecified atom stereocenters. The van der Waals surface area contributed by atoms with Crippen LogP contribution in [0.5, 0.6) is 0 Å². The summed E-state index contributed by atoms with van der Waals surface area (Å²) in [5.41, 5.74) is 4.53. The molecular weight excluding hydrogens is 338 g/mol. The van der Waals surface area contributed by atoms with Gasteiger partial charge in [-0.25, -0.2) is 0 Å². The number of ketones is 1. The number of carbonyl (C=O) groups is 2. The van der Waals surface area contributed by atoms with Gasteiger partial charge in [0.2, 0.25) is 0 Å². The minimum Gasteiger partial charge on any atom is -0.355 e. The zero-order valence-corrected chi connectivity index (χ0v) is 15.3. The van der Waals surface area contributed by atoms with Crippen LogP contribution in [-0.2, 0) is 6.42 Å². The Balaban J connectivity index is 1.74. The van der Waals surface area contributed by atoms with Crippen molar-refractivity contribution in [1.82, 2.24) is 4.98 Å². The van der Waals surface area contributed by atoms with Gasteiger partial charge < -0.3 is 10.6 Å². The fraction of sp³-hybridized carbons (Fsp3) is 0.136. The fourth-order valence-corrected chi connectivity index (χ4v) is 2.72. The van der Waals surface area contributed by atoms with Gasteiger partial charge in [0, 0.05) is 28.8 Å². The van der Waals surface area contributed by atoms with Gasteiger partial charge in [-0.1, -0.05) is 25.1 Å². The number of aromatic nitrogens is 1. The molecule has 5 heteroatoms. The SMILES string of the molecule is CCc1ccccc1Nc1ccnc(C(=O)Nc2ccc(C(C)=O)cc2)c1. The zero-order chi connectivity index (χ0) is 19.2. The van der Waals surface area contributed by atoms with Crippen molar-refractivity contribution in [3.8, 4) is 0 Å². The summed E-state index contributed by atoms with van der Waals surface area (Å²) in [6, 6.07) is 18.4. The number of anilines is 3. The van der Waals surface area contributed by atoms with Crippen molar-refractivity contribution in [3.05, 3.63) is 83.7 Å². The van der Waals surface area contributed by atoms with Crippen molar-refractivity contribution in [2.24, 2.45) is 0 Å². The largest absolute Gasteiger partial charge is 0.355 e. The number of benzene rings is 2. The summed E-state index contributed by atoms with van der Waals surface area (Å²) in [6.07, 6.45) is 2.52. The maximum atomic E-state index is 12.5. The molecule has 1 aromatic heterocycles. The summed E-state index contributed by atoms with van der Waals surface area (Å²) >= 11 is 0. The van der Waals surface area contributed by atoms with Crippen LogP contribution in [0.15, 0.2) is 66.9 Å². The van der Waals surface area contributed by atoms with E-state index in [0.29, 0.717) is 16.9 Å². The van der Waals surface area contributed by atoms with Crippen LogP contribution in [0.3, 0.4) is 0 Å². The topological polar surface area (TPSA) is 71.1 Å². The number of hydrogen-bond donors (Lipinski definition) is 2. The second-order valence-corrected chi connectivity index (χ2v) is 6.15. The summed E-state index contributed by atoms with van der Waals surface area (Å²) in [6.45, 7) is 3.61. The van der Waals surface area contributed by atoms with E-state index in [2.05, 4.69) is 28.6 Å². The first-order chi connectivity index (χ1) is 13.1. The molecule has 1 heterocycles. The Morgan fingerprint density at radius 1 is 0.963 bits per heavy atom. The third-order valence-electron chi connectivity index (χ3n) is 4.22. The van der Waals surface area contributed by atoms with Crippen molar-refractivity contribution in [2.45, 2.75) is 20.3 Å². The van der Waals surface area contributed by atoms with Crippen LogP contribution in [0, 0.1) is 0 Å². The van der Waals surface area contributed by atoms with Crippen molar-refractivity contribution in [3.63, 3.8) is 0 Å². The van der Waals surface area contributed by atoms with E-state index in [1.54, 1.807) is 36.5 Å². The molecule has 2 N–H and O–H groups in total. The molecule has 3 rings (SSSR count). The Labute approximate surface area is 158 Å². The summed E-state index contributed by atoms with van der Waals surface area (Å²) in [5, 5.41) is 6.14. The molecule has 3 aromatic rings. The number of Topliss-reactive ketones (excluding diaryl/α,β-unsaturated/α-hetero) is 1. The van der Waals surface area contributed by atoms with Crippen LogP contribution >= 0.6 is 0 Å². The van der Waals surface area contributed by atoms with E-state index in [9.17, 15) is 9.59 Å². The fourth-order valence-electron chi connectivity index (χ4n) is 2.72. The Morgan fingerprint density at radius 2 is 1.70 bits per heavy atom. The quantitative estimate of drug-likeness (QED) is 0.618. The molecule has 0 atom stereocenters. The highest BCUT2D eigenvalue weighted by Gasteiger charge is 2.10. The van der Waals surface area contributed by atoms with Gasteiger partial charge in [-0.05, 0) is 61.4 Å². The molecule has 1 amide bonds. The molecule has 0 spiro atoms. The molecule has 2 aromatic carbocycles. The van der Waals surface area contributed by atoms with E-state index in [1.807, 2.05) is 24.3 Å². The maximum Gasteiger partial charge on any atom is 0.274 e. The predicted octanol–water partition coefficient (Wildman–Crippen LogP) is 4.84. The molecule has 5 nitrogen and oxygen atoms in total. The van der Waals surface area contributed by atoms with Gasteiger partial charge in [-0.3, -0.25) is 14.6 Å². The lowest BCUT2D eigenvalue weighted by molar-refractivity contribution is 0.101. The molecule has 0 aliphatic heterocycles. The lowest BCUT2D eigenvalue weighted by atomic mass is 10.1. The average Bonchev–Trinajstić information content (AvgIpc) is 2.69. The Bertz CT molecular complexity index is 965. The van der Waals surface area contributed by atoms with Gasteiger partial charge >= 0.3 is 0 Å². The molecule has 136 valence electrons. The van der Waals surface area contributed by atoms with Gasteiger partial charge in [0.25, 0.3) is 5.91 Å². The van der Waals surface area contributed by atoms with E-state index in [0.717, 1.165) is 17.8 Å². The molecular formula is C22H21N3O2. The predicted molar refractivity (Wildman–Crippen MR) is 108 cm³/mol. The summed E-state index contributed by atoms with van der Waals surface area (Å²) < 4.78 is 0. The summed E-state index contributed by atoms with van der Waals surface area (Å²) in [7, 11) is 0. The third kappa shape index (κ3) is 4.58. The Morgan fingerprint density at radius 3 is 2.41 bits per heavy atom. The van der Waals surface area contributed by atoms with Crippen molar-refractivity contribution in [2.75, 3.05) is 10.6 Å². The first-order valence-corrected chi connectivity index (χ1v) is 8.80. The van der Waals surface area contributed by atoms with Crippen LogP contribution in [0.25, 0.3) is 0 Å². The van der Waals surface area contributed by atoms with Crippen molar-refractivity contribution in [1.29, 1.82) is 0 Å². The van der Waals surface area contributed by atoms with Crippen LogP contribution in [0.2, 0.25) is 0 Å². The zero-order valence-electron chi connectivity index (χ0n) is 15.3. The highest BCUT2D eigenvalue weighted by Crippen LogP contribution is 2.21. The molecule has 27 heavy (non-hydrogen) atoms. The smallest absolute Gasteiger partial charge is 0.274 e. The van der Waals surface area contributed by atoms with Crippen LogP contribution in [-0.4, -0.2) is 16.7 Å². The number of para-hydroxylation sites is 1.